The van der Waals surface area contributed by atoms with Crippen LogP contribution in [0, 0.1) is 0 Å². The van der Waals surface area contributed by atoms with E-state index in [0.717, 1.165) is 24.2 Å². The molecule has 0 bridgehead atoms. The van der Waals surface area contributed by atoms with E-state index < -0.39 is 0 Å². The molecule has 15 heavy (non-hydrogen) atoms. The van der Waals surface area contributed by atoms with E-state index in [1.165, 1.54) is 11.3 Å². The van der Waals surface area contributed by atoms with E-state index in [9.17, 15) is 4.79 Å². The maximum absolute atomic E-state index is 11.4. The van der Waals surface area contributed by atoms with Crippen LogP contribution in [0.4, 0.5) is 0 Å². The molecule has 5 heteroatoms. The van der Waals surface area contributed by atoms with Crippen LogP contribution in [-0.4, -0.2) is 15.0 Å². The van der Waals surface area contributed by atoms with Crippen LogP contribution in [-0.2, 0) is 6.42 Å². The number of thiazole rings is 1. The van der Waals surface area contributed by atoms with Crippen molar-refractivity contribution in [1.29, 1.82) is 0 Å². The Morgan fingerprint density at radius 3 is 3.07 bits per heavy atom. The van der Waals surface area contributed by atoms with Gasteiger partial charge < -0.3 is 4.98 Å². The van der Waals surface area contributed by atoms with Crippen molar-refractivity contribution in [3.8, 4) is 11.5 Å². The SMILES string of the molecule is CCCc1cc(=O)[nH]c(-c2cscn2)n1. The third kappa shape index (κ3) is 2.30. The van der Waals surface area contributed by atoms with Crippen molar-refractivity contribution in [3.05, 3.63) is 33.0 Å². The lowest BCUT2D eigenvalue weighted by atomic mass is 10.2. The van der Waals surface area contributed by atoms with Crippen molar-refractivity contribution in [2.75, 3.05) is 0 Å². The molecule has 2 aromatic rings. The van der Waals surface area contributed by atoms with E-state index in [4.69, 9.17) is 0 Å². The molecule has 0 aliphatic carbocycles. The number of nitrogens with one attached hydrogen (secondary N) is 1. The number of nitrogens with zero attached hydrogens (tertiary/aromatic N) is 2. The Labute approximate surface area is 91.0 Å². The number of aromatic nitrogens is 3. The van der Waals surface area contributed by atoms with Crippen LogP contribution in [0.3, 0.4) is 0 Å². The zero-order valence-electron chi connectivity index (χ0n) is 8.36. The first-order chi connectivity index (χ1) is 7.29. The van der Waals surface area contributed by atoms with Crippen LogP contribution in [0.5, 0.6) is 0 Å². The molecular formula is C10H11N3OS. The predicted octanol–water partition coefficient (Wildman–Crippen LogP) is 1.85. The van der Waals surface area contributed by atoms with Gasteiger partial charge in [-0.05, 0) is 6.42 Å². The molecule has 0 radical (unpaired) electrons. The summed E-state index contributed by atoms with van der Waals surface area (Å²) in [4.78, 5) is 22.5. The zero-order chi connectivity index (χ0) is 10.7. The lowest BCUT2D eigenvalue weighted by Crippen LogP contribution is -2.10. The molecule has 2 aromatic heterocycles. The number of hydrogen-bond acceptors (Lipinski definition) is 4. The summed E-state index contributed by atoms with van der Waals surface area (Å²) in [6.45, 7) is 2.06. The van der Waals surface area contributed by atoms with Gasteiger partial charge in [-0.25, -0.2) is 9.97 Å². The first-order valence-corrected chi connectivity index (χ1v) is 5.72. The van der Waals surface area contributed by atoms with E-state index in [-0.39, 0.29) is 5.56 Å². The molecule has 2 heterocycles. The van der Waals surface area contributed by atoms with E-state index in [1.54, 1.807) is 11.6 Å². The summed E-state index contributed by atoms with van der Waals surface area (Å²) in [5.74, 6) is 0.562. The molecule has 0 spiro atoms. The summed E-state index contributed by atoms with van der Waals surface area (Å²) in [7, 11) is 0. The van der Waals surface area contributed by atoms with Crippen molar-refractivity contribution in [2.45, 2.75) is 19.8 Å². The Balaban J connectivity index is 2.44. The number of rotatable bonds is 3. The quantitative estimate of drug-likeness (QED) is 0.860. The molecule has 0 aliphatic heterocycles. The smallest absolute Gasteiger partial charge is 0.251 e. The van der Waals surface area contributed by atoms with Gasteiger partial charge in [-0.1, -0.05) is 13.3 Å². The Bertz CT molecular complexity index is 490. The van der Waals surface area contributed by atoms with Gasteiger partial charge >= 0.3 is 0 Å². The molecule has 0 aromatic carbocycles. The molecular weight excluding hydrogens is 210 g/mol. The molecule has 0 unspecified atom stereocenters. The normalized spacial score (nSPS) is 10.5. The van der Waals surface area contributed by atoms with Crippen molar-refractivity contribution >= 4 is 11.3 Å². The van der Waals surface area contributed by atoms with Crippen LogP contribution >= 0.6 is 11.3 Å². The summed E-state index contributed by atoms with van der Waals surface area (Å²) < 4.78 is 0. The van der Waals surface area contributed by atoms with Crippen molar-refractivity contribution in [1.82, 2.24) is 15.0 Å². The maximum atomic E-state index is 11.4. The first-order valence-electron chi connectivity index (χ1n) is 4.78. The fourth-order valence-electron chi connectivity index (χ4n) is 1.34. The van der Waals surface area contributed by atoms with E-state index >= 15 is 0 Å². The number of hydrogen-bond donors (Lipinski definition) is 1. The first kappa shape index (κ1) is 10.0. The second-order valence-corrected chi connectivity index (χ2v) is 3.93. The Kier molecular flexibility index (Phi) is 2.91. The highest BCUT2D eigenvalue weighted by molar-refractivity contribution is 7.07. The van der Waals surface area contributed by atoms with E-state index in [0.29, 0.717) is 5.82 Å². The molecule has 0 aliphatic rings. The zero-order valence-corrected chi connectivity index (χ0v) is 9.17. The Hall–Kier alpha value is -1.49. The van der Waals surface area contributed by atoms with Gasteiger partial charge in [0.05, 0.1) is 5.51 Å². The van der Waals surface area contributed by atoms with Crippen molar-refractivity contribution < 1.29 is 0 Å². The molecule has 2 rings (SSSR count). The van der Waals surface area contributed by atoms with Gasteiger partial charge in [0.1, 0.15) is 5.69 Å². The minimum atomic E-state index is -0.114. The number of H-pyrrole nitrogens is 1. The third-order valence-corrected chi connectivity index (χ3v) is 2.56. The second-order valence-electron chi connectivity index (χ2n) is 3.21. The van der Waals surface area contributed by atoms with Crippen LogP contribution in [0.1, 0.15) is 19.0 Å². The van der Waals surface area contributed by atoms with Gasteiger partial charge in [0.25, 0.3) is 5.56 Å². The van der Waals surface area contributed by atoms with Gasteiger partial charge in [-0.3, -0.25) is 4.79 Å². The Morgan fingerprint density at radius 1 is 1.53 bits per heavy atom. The molecule has 0 amide bonds. The standard InChI is InChI=1S/C10H11N3OS/c1-2-3-7-4-9(14)13-10(12-7)8-5-15-6-11-8/h4-6H,2-3H2,1H3,(H,12,13,14). The lowest BCUT2D eigenvalue weighted by molar-refractivity contribution is 0.868. The van der Waals surface area contributed by atoms with Gasteiger partial charge in [0.2, 0.25) is 0 Å². The molecule has 78 valence electrons. The summed E-state index contributed by atoms with van der Waals surface area (Å²) in [6.07, 6.45) is 1.80. The largest absolute Gasteiger partial charge is 0.305 e. The van der Waals surface area contributed by atoms with Gasteiger partial charge in [0, 0.05) is 17.1 Å². The molecule has 0 atom stereocenters. The van der Waals surface area contributed by atoms with Crippen LogP contribution in [0.25, 0.3) is 11.5 Å². The van der Waals surface area contributed by atoms with Gasteiger partial charge in [-0.15, -0.1) is 11.3 Å². The molecule has 4 nitrogen and oxygen atoms in total. The summed E-state index contributed by atoms with van der Waals surface area (Å²) in [6, 6.07) is 1.54. The average Bonchev–Trinajstić information content (AvgIpc) is 2.70. The topological polar surface area (TPSA) is 58.6 Å². The second kappa shape index (κ2) is 4.35. The molecule has 0 saturated carbocycles. The molecule has 0 fully saturated rings. The fourth-order valence-corrected chi connectivity index (χ4v) is 1.88. The summed E-state index contributed by atoms with van der Waals surface area (Å²) in [5.41, 5.74) is 3.16. The van der Waals surface area contributed by atoms with Crippen molar-refractivity contribution in [3.63, 3.8) is 0 Å². The minimum absolute atomic E-state index is 0.114. The highest BCUT2D eigenvalue weighted by Crippen LogP contribution is 2.13. The highest BCUT2D eigenvalue weighted by Gasteiger charge is 2.04. The average molecular weight is 221 g/mol. The molecule has 1 N–H and O–H groups in total. The van der Waals surface area contributed by atoms with Crippen LogP contribution in [0.15, 0.2) is 21.8 Å². The number of aromatic amines is 1. The van der Waals surface area contributed by atoms with E-state index in [2.05, 4.69) is 21.9 Å². The lowest BCUT2D eigenvalue weighted by Gasteiger charge is -2.00. The third-order valence-electron chi connectivity index (χ3n) is 1.98. The van der Waals surface area contributed by atoms with Crippen molar-refractivity contribution in [2.24, 2.45) is 0 Å². The Morgan fingerprint density at radius 2 is 2.40 bits per heavy atom. The van der Waals surface area contributed by atoms with Crippen LogP contribution in [0.2, 0.25) is 0 Å². The number of aryl methyl sites for hydroxylation is 1. The highest BCUT2D eigenvalue weighted by atomic mass is 32.1. The molecule has 0 saturated heterocycles. The predicted molar refractivity (Wildman–Crippen MR) is 60.0 cm³/mol. The fraction of sp³-hybridized carbons (Fsp3) is 0.300. The van der Waals surface area contributed by atoms with E-state index in [1.807, 2.05) is 5.38 Å². The van der Waals surface area contributed by atoms with Crippen LogP contribution < -0.4 is 5.56 Å². The monoisotopic (exact) mass is 221 g/mol. The summed E-state index contributed by atoms with van der Waals surface area (Å²) in [5, 5.41) is 1.87. The van der Waals surface area contributed by atoms with Gasteiger partial charge in [-0.2, -0.15) is 0 Å². The minimum Gasteiger partial charge on any atom is -0.305 e. The summed E-state index contributed by atoms with van der Waals surface area (Å²) >= 11 is 1.49. The van der Waals surface area contributed by atoms with Gasteiger partial charge in [0.15, 0.2) is 5.82 Å². The maximum Gasteiger partial charge on any atom is 0.251 e.